The van der Waals surface area contributed by atoms with Crippen molar-refractivity contribution in [2.75, 3.05) is 14.2 Å². The van der Waals surface area contributed by atoms with Crippen LogP contribution in [0.1, 0.15) is 10.4 Å². The van der Waals surface area contributed by atoms with E-state index in [1.54, 1.807) is 0 Å². The van der Waals surface area contributed by atoms with Crippen LogP contribution in [0.4, 0.5) is 4.39 Å². The van der Waals surface area contributed by atoms with Gasteiger partial charge < -0.3 is 9.47 Å². The third kappa shape index (κ3) is 1.72. The number of hydrogen-bond acceptors (Lipinski definition) is 3. The van der Waals surface area contributed by atoms with Gasteiger partial charge in [0, 0.05) is 0 Å². The van der Waals surface area contributed by atoms with Crippen LogP contribution in [0.3, 0.4) is 0 Å². The van der Waals surface area contributed by atoms with Crippen LogP contribution in [0.25, 0.3) is 0 Å². The van der Waals surface area contributed by atoms with E-state index in [1.165, 1.54) is 20.3 Å². The van der Waals surface area contributed by atoms with Crippen molar-refractivity contribution in [3.63, 3.8) is 0 Å². The van der Waals surface area contributed by atoms with Crippen LogP contribution in [-0.2, 0) is 0 Å². The van der Waals surface area contributed by atoms with Crippen molar-refractivity contribution in [3.8, 4) is 11.5 Å². The lowest BCUT2D eigenvalue weighted by Crippen LogP contribution is -1.97. The number of aldehydes is 1. The molecule has 1 aromatic rings. The molecule has 0 saturated carbocycles. The molecule has 0 fully saturated rings. The number of ether oxygens (including phenoxy) is 2. The average Bonchev–Trinajstić information content (AvgIpc) is 2.21. The third-order valence-corrected chi connectivity index (χ3v) is 2.42. The first kappa shape index (κ1) is 11.0. The summed E-state index contributed by atoms with van der Waals surface area (Å²) >= 11 is 2.98. The lowest BCUT2D eigenvalue weighted by Gasteiger charge is -2.10. The number of methoxy groups -OCH3 is 2. The highest BCUT2D eigenvalue weighted by atomic mass is 79.9. The van der Waals surface area contributed by atoms with Gasteiger partial charge in [-0.3, -0.25) is 4.79 Å². The predicted octanol–water partition coefficient (Wildman–Crippen LogP) is 2.42. The molecule has 3 nitrogen and oxygen atoms in total. The molecule has 0 aliphatic heterocycles. The quantitative estimate of drug-likeness (QED) is 0.785. The fourth-order valence-electron chi connectivity index (χ4n) is 1.03. The summed E-state index contributed by atoms with van der Waals surface area (Å²) in [6, 6.07) is 1.28. The number of rotatable bonds is 3. The predicted molar refractivity (Wildman–Crippen MR) is 52.6 cm³/mol. The molecule has 0 aromatic heterocycles. The van der Waals surface area contributed by atoms with Gasteiger partial charge in [-0.2, -0.15) is 0 Å². The molecular weight excluding hydrogens is 255 g/mol. The van der Waals surface area contributed by atoms with Gasteiger partial charge in [0.25, 0.3) is 0 Å². The Kier molecular flexibility index (Phi) is 3.46. The molecule has 14 heavy (non-hydrogen) atoms. The molecule has 0 amide bonds. The summed E-state index contributed by atoms with van der Waals surface area (Å²) in [5.41, 5.74) is -0.0745. The second kappa shape index (κ2) is 4.41. The normalized spacial score (nSPS) is 9.71. The van der Waals surface area contributed by atoms with Crippen molar-refractivity contribution >= 4 is 22.2 Å². The van der Waals surface area contributed by atoms with Gasteiger partial charge in [0.2, 0.25) is 0 Å². The number of hydrogen-bond donors (Lipinski definition) is 0. The molecule has 0 bridgehead atoms. The Morgan fingerprint density at radius 1 is 1.43 bits per heavy atom. The van der Waals surface area contributed by atoms with Gasteiger partial charge in [-0.25, -0.2) is 4.39 Å². The first-order valence-electron chi connectivity index (χ1n) is 3.70. The minimum atomic E-state index is -0.655. The molecule has 0 spiro atoms. The highest BCUT2D eigenvalue weighted by Gasteiger charge is 2.17. The van der Waals surface area contributed by atoms with Crippen LogP contribution in [0, 0.1) is 5.82 Å². The second-order valence-electron chi connectivity index (χ2n) is 2.45. The van der Waals surface area contributed by atoms with Crippen LogP contribution in [0.2, 0.25) is 0 Å². The largest absolute Gasteiger partial charge is 0.493 e. The van der Waals surface area contributed by atoms with Gasteiger partial charge in [0.05, 0.1) is 24.3 Å². The van der Waals surface area contributed by atoms with E-state index in [0.717, 1.165) is 0 Å². The number of carbonyl (C=O) groups is 1. The van der Waals surface area contributed by atoms with Crippen LogP contribution in [0.15, 0.2) is 10.5 Å². The van der Waals surface area contributed by atoms with Gasteiger partial charge in [0.15, 0.2) is 23.6 Å². The molecule has 76 valence electrons. The van der Waals surface area contributed by atoms with Crippen LogP contribution < -0.4 is 9.47 Å². The zero-order chi connectivity index (χ0) is 10.7. The number of halogens is 2. The van der Waals surface area contributed by atoms with Crippen molar-refractivity contribution in [2.24, 2.45) is 0 Å². The van der Waals surface area contributed by atoms with Crippen molar-refractivity contribution in [3.05, 3.63) is 21.9 Å². The maximum absolute atomic E-state index is 13.4. The zero-order valence-corrected chi connectivity index (χ0v) is 9.22. The maximum atomic E-state index is 13.4. The summed E-state index contributed by atoms with van der Waals surface area (Å²) in [7, 11) is 2.80. The maximum Gasteiger partial charge on any atom is 0.177 e. The van der Waals surface area contributed by atoms with Crippen LogP contribution in [-0.4, -0.2) is 20.5 Å². The van der Waals surface area contributed by atoms with Crippen LogP contribution in [0.5, 0.6) is 11.5 Å². The lowest BCUT2D eigenvalue weighted by atomic mass is 10.2. The van der Waals surface area contributed by atoms with Crippen molar-refractivity contribution in [2.45, 2.75) is 0 Å². The average molecular weight is 263 g/mol. The van der Waals surface area contributed by atoms with E-state index in [0.29, 0.717) is 12.0 Å². The summed E-state index contributed by atoms with van der Waals surface area (Å²) in [6.07, 6.45) is 0.419. The van der Waals surface area contributed by atoms with E-state index in [4.69, 9.17) is 9.47 Å². The minimum Gasteiger partial charge on any atom is -0.493 e. The van der Waals surface area contributed by atoms with E-state index >= 15 is 0 Å². The van der Waals surface area contributed by atoms with E-state index in [2.05, 4.69) is 15.9 Å². The third-order valence-electron chi connectivity index (χ3n) is 1.71. The summed E-state index contributed by atoms with van der Waals surface area (Å²) in [6.45, 7) is 0. The van der Waals surface area contributed by atoms with Gasteiger partial charge in [-0.1, -0.05) is 0 Å². The van der Waals surface area contributed by atoms with Gasteiger partial charge in [0.1, 0.15) is 0 Å². The molecule has 0 heterocycles. The highest BCUT2D eigenvalue weighted by molar-refractivity contribution is 9.10. The molecule has 0 atom stereocenters. The van der Waals surface area contributed by atoms with E-state index in [9.17, 15) is 9.18 Å². The Hall–Kier alpha value is -1.10. The summed E-state index contributed by atoms with van der Waals surface area (Å²) in [4.78, 5) is 10.5. The van der Waals surface area contributed by atoms with E-state index in [1.807, 2.05) is 0 Å². The smallest absolute Gasteiger partial charge is 0.177 e. The van der Waals surface area contributed by atoms with Crippen molar-refractivity contribution in [1.29, 1.82) is 0 Å². The Balaban J connectivity index is 3.45. The molecule has 5 heteroatoms. The fourth-order valence-corrected chi connectivity index (χ4v) is 1.62. The lowest BCUT2D eigenvalue weighted by molar-refractivity contribution is 0.111. The first-order chi connectivity index (χ1) is 6.65. The molecule has 0 saturated heterocycles. The Morgan fingerprint density at radius 3 is 2.50 bits per heavy atom. The molecule has 0 N–H and O–H groups in total. The van der Waals surface area contributed by atoms with Gasteiger partial charge in [-0.05, 0) is 22.0 Å². The van der Waals surface area contributed by atoms with Gasteiger partial charge in [-0.15, -0.1) is 0 Å². The van der Waals surface area contributed by atoms with E-state index in [-0.39, 0.29) is 15.8 Å². The molecule has 1 aromatic carbocycles. The Labute approximate surface area is 88.9 Å². The van der Waals surface area contributed by atoms with E-state index < -0.39 is 5.82 Å². The summed E-state index contributed by atoms with van der Waals surface area (Å²) in [5, 5.41) is 0. The summed E-state index contributed by atoms with van der Waals surface area (Å²) in [5.74, 6) is -0.115. The SMILES string of the molecule is COc1cc(C=O)c(F)c(Br)c1OC. The first-order valence-corrected chi connectivity index (χ1v) is 4.50. The highest BCUT2D eigenvalue weighted by Crippen LogP contribution is 2.38. The molecule has 0 aliphatic rings. The second-order valence-corrected chi connectivity index (χ2v) is 3.24. The van der Waals surface area contributed by atoms with Crippen LogP contribution >= 0.6 is 15.9 Å². The molecular formula is C9H8BrFO3. The van der Waals surface area contributed by atoms with Crippen molar-refractivity contribution in [1.82, 2.24) is 0 Å². The monoisotopic (exact) mass is 262 g/mol. The molecule has 0 radical (unpaired) electrons. The standard InChI is InChI=1S/C9H8BrFO3/c1-13-6-3-5(4-12)8(11)7(10)9(6)14-2/h3-4H,1-2H3. The fraction of sp³-hybridized carbons (Fsp3) is 0.222. The molecule has 0 aliphatic carbocycles. The van der Waals surface area contributed by atoms with Gasteiger partial charge >= 0.3 is 0 Å². The summed E-state index contributed by atoms with van der Waals surface area (Å²) < 4.78 is 23.3. The zero-order valence-electron chi connectivity index (χ0n) is 7.64. The number of carbonyl (C=O) groups excluding carboxylic acids is 1. The topological polar surface area (TPSA) is 35.5 Å². The number of benzene rings is 1. The Morgan fingerprint density at radius 2 is 2.07 bits per heavy atom. The minimum absolute atomic E-state index is 0.0745. The molecule has 0 unspecified atom stereocenters. The molecule has 1 rings (SSSR count). The van der Waals surface area contributed by atoms with Crippen molar-refractivity contribution < 1.29 is 18.7 Å². The Bertz CT molecular complexity index is 366.